The third-order valence-electron chi connectivity index (χ3n) is 2.44. The molecule has 0 saturated carbocycles. The molecule has 0 fully saturated rings. The van der Waals surface area contributed by atoms with E-state index in [1.165, 1.54) is 41.5 Å². The summed E-state index contributed by atoms with van der Waals surface area (Å²) in [4.78, 5) is 0. The third-order valence-corrected chi connectivity index (χ3v) is 2.44. The van der Waals surface area contributed by atoms with E-state index in [0.717, 1.165) is 0 Å². The van der Waals surface area contributed by atoms with Gasteiger partial charge in [-0.1, -0.05) is 46.6 Å². The van der Waals surface area contributed by atoms with Gasteiger partial charge in [-0.05, 0) is 40.5 Å². The molecule has 2 aliphatic carbocycles. The van der Waals surface area contributed by atoms with Crippen molar-refractivity contribution in [2.24, 2.45) is 0 Å². The summed E-state index contributed by atoms with van der Waals surface area (Å²) in [5.74, 6) is 0. The van der Waals surface area contributed by atoms with Crippen molar-refractivity contribution >= 4 is 11.6 Å². The Morgan fingerprint density at radius 1 is 0.765 bits per heavy atom. The van der Waals surface area contributed by atoms with Crippen molar-refractivity contribution in [2.75, 3.05) is 6.38 Å². The Morgan fingerprint density at radius 2 is 1.06 bits per heavy atom. The van der Waals surface area contributed by atoms with Crippen molar-refractivity contribution in [3.63, 3.8) is 0 Å². The van der Waals surface area contributed by atoms with Crippen LogP contribution in [0.5, 0.6) is 0 Å². The van der Waals surface area contributed by atoms with Gasteiger partial charge in [0.2, 0.25) is 0 Å². The van der Waals surface area contributed by atoms with Gasteiger partial charge in [-0.15, -0.1) is 11.6 Å². The number of hydrogen-bond acceptors (Lipinski definition) is 0. The number of rotatable bonds is 0. The van der Waals surface area contributed by atoms with Crippen LogP contribution < -0.4 is 0 Å². The van der Waals surface area contributed by atoms with Crippen molar-refractivity contribution in [1.29, 1.82) is 0 Å². The van der Waals surface area contributed by atoms with Crippen LogP contribution in [-0.4, -0.2) is 6.38 Å². The Morgan fingerprint density at radius 3 is 1.12 bits per heavy atom. The first-order valence-corrected chi connectivity index (χ1v) is 6.39. The zero-order valence-corrected chi connectivity index (χ0v) is 14.8. The summed E-state index contributed by atoms with van der Waals surface area (Å²) in [5, 5.41) is 0. The largest absolute Gasteiger partial charge is 0.130 e. The molecule has 94 valence electrons. The number of hydrogen-bond donors (Lipinski definition) is 0. The zero-order valence-electron chi connectivity index (χ0n) is 11.6. The fourth-order valence-corrected chi connectivity index (χ4v) is 1.66. The Hall–Kier alpha value is 0.133. The molecule has 0 aromatic carbocycles. The van der Waals surface area contributed by atoms with E-state index in [1.807, 2.05) is 0 Å². The number of allylic oxidation sites excluding steroid dienone is 8. The molecule has 0 bridgehead atoms. The second-order valence-corrected chi connectivity index (χ2v) is 4.29. The molecule has 0 heterocycles. The Kier molecular flexibility index (Phi) is 12.9. The first-order valence-electron chi connectivity index (χ1n) is 5.63. The van der Waals surface area contributed by atoms with Crippen molar-refractivity contribution in [3.8, 4) is 0 Å². The second kappa shape index (κ2) is 11.2. The number of halogens is 1. The minimum Gasteiger partial charge on any atom is -0.130 e. The number of alkyl halides is 1. The molecule has 0 spiro atoms. The van der Waals surface area contributed by atoms with Crippen LogP contribution >= 0.6 is 11.6 Å². The summed E-state index contributed by atoms with van der Waals surface area (Å²) < 4.78 is 0. The summed E-state index contributed by atoms with van der Waals surface area (Å²) in [6.07, 6.45) is 12.8. The summed E-state index contributed by atoms with van der Waals surface area (Å²) in [7, 11) is 0. The van der Waals surface area contributed by atoms with E-state index in [2.05, 4.69) is 63.6 Å². The monoisotopic (exact) mass is 328 g/mol. The van der Waals surface area contributed by atoms with Gasteiger partial charge in [0.1, 0.15) is 0 Å². The fourth-order valence-electron chi connectivity index (χ4n) is 1.66. The molecular weight excluding hydrogens is 307 g/mol. The molecule has 17 heavy (non-hydrogen) atoms. The van der Waals surface area contributed by atoms with Gasteiger partial charge < -0.3 is 0 Å². The molecule has 0 atom stereocenters. The summed E-state index contributed by atoms with van der Waals surface area (Å²) in [6, 6.07) is 0. The van der Waals surface area contributed by atoms with Crippen LogP contribution in [0.4, 0.5) is 0 Å². The minimum absolute atomic E-state index is 0. The summed E-state index contributed by atoms with van der Waals surface area (Å²) >= 11 is 4.64. The zero-order chi connectivity index (χ0) is 12.6. The Bertz CT molecular complexity index is 299. The first-order chi connectivity index (χ1) is 7.58. The van der Waals surface area contributed by atoms with Crippen molar-refractivity contribution < 1.29 is 26.2 Å². The van der Waals surface area contributed by atoms with Gasteiger partial charge in [0, 0.05) is 32.6 Å². The van der Waals surface area contributed by atoms with E-state index in [9.17, 15) is 0 Å². The van der Waals surface area contributed by atoms with Crippen molar-refractivity contribution in [1.82, 2.24) is 0 Å². The molecule has 0 aliphatic heterocycles. The average molecular weight is 330 g/mol. The predicted octanol–water partition coefficient (Wildman–Crippen LogP) is 5.42. The van der Waals surface area contributed by atoms with Gasteiger partial charge in [0.15, 0.2) is 0 Å². The molecule has 0 saturated heterocycles. The van der Waals surface area contributed by atoms with Crippen molar-refractivity contribution in [2.45, 2.75) is 40.5 Å². The first kappa shape index (κ1) is 19.5. The quantitative estimate of drug-likeness (QED) is 0.521. The normalized spacial score (nSPS) is 16.1. The van der Waals surface area contributed by atoms with Crippen LogP contribution in [0, 0.1) is 0 Å². The third kappa shape index (κ3) is 9.80. The van der Waals surface area contributed by atoms with Gasteiger partial charge in [-0.2, -0.15) is 0 Å². The molecular formula is C15H23ClZr. The van der Waals surface area contributed by atoms with E-state index in [4.69, 9.17) is 0 Å². The predicted molar refractivity (Wildman–Crippen MR) is 76.0 cm³/mol. The average Bonchev–Trinajstić information content (AvgIpc) is 2.80. The molecule has 0 radical (unpaired) electrons. The van der Waals surface area contributed by atoms with Crippen LogP contribution in [0.2, 0.25) is 0 Å². The molecule has 2 aliphatic rings. The van der Waals surface area contributed by atoms with E-state index >= 15 is 0 Å². The maximum atomic E-state index is 4.64. The van der Waals surface area contributed by atoms with Gasteiger partial charge in [0.25, 0.3) is 0 Å². The SMILES string of the molecule is CC1=CCC(C)=C1.CC1=CCC(C)=C1.CCl.[Zr]. The van der Waals surface area contributed by atoms with Crippen LogP contribution in [0.15, 0.2) is 46.6 Å². The van der Waals surface area contributed by atoms with Gasteiger partial charge in [0.05, 0.1) is 0 Å². The molecule has 0 aromatic rings. The molecule has 0 unspecified atom stereocenters. The standard InChI is InChI=1S/2C7H10.CH3Cl.Zr/c2*1-6-3-4-7(2)5-6;1-2;/h2*3,5H,4H2,1-2H3;1H3;. The van der Waals surface area contributed by atoms with Crippen LogP contribution in [0.3, 0.4) is 0 Å². The minimum atomic E-state index is 0. The van der Waals surface area contributed by atoms with Crippen LogP contribution in [-0.2, 0) is 26.2 Å². The van der Waals surface area contributed by atoms with E-state index in [1.54, 1.807) is 0 Å². The smallest absolute Gasteiger partial charge is 0.0108 e. The van der Waals surface area contributed by atoms with Crippen LogP contribution in [0.1, 0.15) is 40.5 Å². The molecule has 0 nitrogen and oxygen atoms in total. The van der Waals surface area contributed by atoms with Crippen LogP contribution in [0.25, 0.3) is 0 Å². The molecule has 2 heteroatoms. The molecule has 0 aromatic heterocycles. The molecule has 2 rings (SSSR count). The Balaban J connectivity index is 0. The topological polar surface area (TPSA) is 0 Å². The Labute approximate surface area is 131 Å². The van der Waals surface area contributed by atoms with Gasteiger partial charge >= 0.3 is 0 Å². The van der Waals surface area contributed by atoms with Crippen molar-refractivity contribution in [3.05, 3.63) is 46.6 Å². The maximum Gasteiger partial charge on any atom is 0.0108 e. The maximum absolute atomic E-state index is 4.64. The van der Waals surface area contributed by atoms with E-state index < -0.39 is 0 Å². The molecule has 0 N–H and O–H groups in total. The van der Waals surface area contributed by atoms with Gasteiger partial charge in [-0.3, -0.25) is 0 Å². The summed E-state index contributed by atoms with van der Waals surface area (Å²) in [6.45, 7) is 8.59. The second-order valence-electron chi connectivity index (χ2n) is 4.29. The fraction of sp³-hybridized carbons (Fsp3) is 0.467. The molecule has 0 amide bonds. The van der Waals surface area contributed by atoms with E-state index in [0.29, 0.717) is 0 Å². The summed E-state index contributed by atoms with van der Waals surface area (Å²) in [5.41, 5.74) is 5.80. The van der Waals surface area contributed by atoms with E-state index in [-0.39, 0.29) is 26.2 Å². The van der Waals surface area contributed by atoms with Gasteiger partial charge in [-0.25, -0.2) is 0 Å².